The molecule has 0 radical (unpaired) electrons. The van der Waals surface area contributed by atoms with E-state index >= 15 is 0 Å². The first-order valence-corrected chi connectivity index (χ1v) is 9.98. The summed E-state index contributed by atoms with van der Waals surface area (Å²) in [5.41, 5.74) is 0.561. The topological polar surface area (TPSA) is 71.1 Å². The van der Waals surface area contributed by atoms with Gasteiger partial charge in [0.15, 0.2) is 0 Å². The van der Waals surface area contributed by atoms with Crippen LogP contribution in [0.2, 0.25) is 0 Å². The Kier molecular flexibility index (Phi) is 5.57. The van der Waals surface area contributed by atoms with Gasteiger partial charge in [0.25, 0.3) is 10.0 Å². The number of hydrogen-bond acceptors (Lipinski definition) is 4. The van der Waals surface area contributed by atoms with Crippen molar-refractivity contribution in [1.29, 1.82) is 0 Å². The van der Waals surface area contributed by atoms with E-state index in [1.54, 1.807) is 18.2 Å². The smallest absolute Gasteiger partial charge is 0.311 e. The summed E-state index contributed by atoms with van der Waals surface area (Å²) in [7, 11) is -4.07. The zero-order valence-electron chi connectivity index (χ0n) is 14.9. The zero-order chi connectivity index (χ0) is 20.4. The average molecular weight is 409 g/mol. The summed E-state index contributed by atoms with van der Waals surface area (Å²) >= 11 is 0. The number of halogens is 3. The van der Waals surface area contributed by atoms with Crippen LogP contribution >= 0.6 is 0 Å². The van der Waals surface area contributed by atoms with Gasteiger partial charge in [-0.05, 0) is 42.9 Å². The van der Waals surface area contributed by atoms with E-state index in [1.807, 2.05) is 19.1 Å². The first kappa shape index (κ1) is 20.1. The first-order chi connectivity index (χ1) is 13.2. The summed E-state index contributed by atoms with van der Waals surface area (Å²) in [5.74, 6) is 0. The van der Waals surface area contributed by atoms with Crippen LogP contribution in [0.4, 0.5) is 18.9 Å². The largest absolute Gasteiger partial charge is 0.416 e. The van der Waals surface area contributed by atoms with Gasteiger partial charge in [-0.15, -0.1) is 0 Å². The fourth-order valence-corrected chi connectivity index (χ4v) is 3.71. The summed E-state index contributed by atoms with van der Waals surface area (Å²) in [5, 5.41) is 3.89. The molecular formula is C19H18F3N3O2S. The number of para-hydroxylation sites is 1. The molecule has 3 aromatic rings. The molecule has 0 saturated carbocycles. The third-order valence-corrected chi connectivity index (χ3v) is 5.45. The number of aromatic nitrogens is 1. The van der Waals surface area contributed by atoms with Gasteiger partial charge in [0.1, 0.15) is 0 Å². The molecule has 0 amide bonds. The Morgan fingerprint density at radius 1 is 1.00 bits per heavy atom. The van der Waals surface area contributed by atoms with Gasteiger partial charge in [0.05, 0.1) is 27.4 Å². The lowest BCUT2D eigenvalue weighted by atomic mass is 10.2. The second-order valence-electron chi connectivity index (χ2n) is 6.09. The summed E-state index contributed by atoms with van der Waals surface area (Å²) in [6.45, 7) is 3.26. The minimum Gasteiger partial charge on any atom is -0.311 e. The number of anilines is 1. The number of nitrogens with one attached hydrogen (secondary N) is 2. The lowest BCUT2D eigenvalue weighted by molar-refractivity contribution is -0.137. The summed E-state index contributed by atoms with van der Waals surface area (Å²) < 4.78 is 65.7. The molecule has 0 spiro atoms. The third-order valence-electron chi connectivity index (χ3n) is 4.07. The molecule has 2 aromatic carbocycles. The number of sulfonamides is 1. The SMILES string of the molecule is CCNCc1ccc2cccc(NS(=O)(=O)c3ccc(C(F)(F)F)cc3)c2n1. The van der Waals surface area contributed by atoms with E-state index in [1.165, 1.54) is 0 Å². The number of hydrogen-bond donors (Lipinski definition) is 2. The second kappa shape index (κ2) is 7.76. The molecule has 0 fully saturated rings. The maximum Gasteiger partial charge on any atom is 0.416 e. The van der Waals surface area contributed by atoms with Crippen molar-refractivity contribution in [3.8, 4) is 0 Å². The molecule has 9 heteroatoms. The van der Waals surface area contributed by atoms with Gasteiger partial charge >= 0.3 is 6.18 Å². The Labute approximate surface area is 160 Å². The van der Waals surface area contributed by atoms with E-state index in [-0.39, 0.29) is 10.6 Å². The molecular weight excluding hydrogens is 391 g/mol. The molecule has 148 valence electrons. The molecule has 0 aliphatic rings. The molecule has 28 heavy (non-hydrogen) atoms. The van der Waals surface area contributed by atoms with Gasteiger partial charge in [-0.2, -0.15) is 13.2 Å². The maximum atomic E-state index is 12.7. The molecule has 0 aliphatic heterocycles. The summed E-state index contributed by atoms with van der Waals surface area (Å²) in [6, 6.07) is 12.1. The van der Waals surface area contributed by atoms with Gasteiger partial charge in [-0.3, -0.25) is 4.72 Å². The number of pyridine rings is 1. The van der Waals surface area contributed by atoms with Crippen molar-refractivity contribution < 1.29 is 21.6 Å². The van der Waals surface area contributed by atoms with Crippen LogP contribution in [-0.2, 0) is 22.7 Å². The van der Waals surface area contributed by atoms with Gasteiger partial charge in [0.2, 0.25) is 0 Å². The normalized spacial score (nSPS) is 12.3. The maximum absolute atomic E-state index is 12.7. The van der Waals surface area contributed by atoms with Crippen LogP contribution in [0.5, 0.6) is 0 Å². The highest BCUT2D eigenvalue weighted by molar-refractivity contribution is 7.92. The number of nitrogens with zero attached hydrogens (tertiary/aromatic N) is 1. The van der Waals surface area contributed by atoms with Crippen LogP contribution in [0.25, 0.3) is 10.9 Å². The predicted molar refractivity (Wildman–Crippen MR) is 101 cm³/mol. The molecule has 0 aliphatic carbocycles. The fourth-order valence-electron chi connectivity index (χ4n) is 2.65. The van der Waals surface area contributed by atoms with Crippen molar-refractivity contribution in [2.45, 2.75) is 24.5 Å². The zero-order valence-corrected chi connectivity index (χ0v) is 15.7. The first-order valence-electron chi connectivity index (χ1n) is 8.50. The van der Waals surface area contributed by atoms with Crippen molar-refractivity contribution in [3.05, 3.63) is 65.9 Å². The fraction of sp³-hybridized carbons (Fsp3) is 0.211. The van der Waals surface area contributed by atoms with E-state index in [0.717, 1.165) is 41.9 Å². The molecule has 2 N–H and O–H groups in total. The molecule has 0 atom stereocenters. The minimum atomic E-state index is -4.53. The molecule has 0 unspecified atom stereocenters. The van der Waals surface area contributed by atoms with Crippen molar-refractivity contribution in [2.75, 3.05) is 11.3 Å². The van der Waals surface area contributed by atoms with Crippen molar-refractivity contribution in [3.63, 3.8) is 0 Å². The molecule has 3 rings (SSSR count). The number of fused-ring (bicyclic) bond motifs is 1. The third kappa shape index (κ3) is 4.42. The van der Waals surface area contributed by atoms with Crippen LogP contribution < -0.4 is 10.0 Å². The van der Waals surface area contributed by atoms with E-state index < -0.39 is 21.8 Å². The average Bonchev–Trinajstić information content (AvgIpc) is 2.66. The van der Waals surface area contributed by atoms with Crippen molar-refractivity contribution in [2.24, 2.45) is 0 Å². The number of benzene rings is 2. The Morgan fingerprint density at radius 2 is 1.71 bits per heavy atom. The Balaban J connectivity index is 1.94. The Hall–Kier alpha value is -2.65. The van der Waals surface area contributed by atoms with Crippen LogP contribution in [0.3, 0.4) is 0 Å². The molecule has 0 bridgehead atoms. The van der Waals surface area contributed by atoms with Crippen LogP contribution in [0, 0.1) is 0 Å². The minimum absolute atomic E-state index is 0.260. The molecule has 1 aromatic heterocycles. The Morgan fingerprint density at radius 3 is 2.36 bits per heavy atom. The van der Waals surface area contributed by atoms with Crippen molar-refractivity contribution >= 4 is 26.6 Å². The van der Waals surface area contributed by atoms with Gasteiger partial charge < -0.3 is 5.32 Å². The van der Waals surface area contributed by atoms with Crippen LogP contribution in [-0.4, -0.2) is 19.9 Å². The van der Waals surface area contributed by atoms with Crippen molar-refractivity contribution in [1.82, 2.24) is 10.3 Å². The molecule has 0 saturated heterocycles. The highest BCUT2D eigenvalue weighted by atomic mass is 32.2. The van der Waals surface area contributed by atoms with Gasteiger partial charge in [-0.25, -0.2) is 13.4 Å². The van der Waals surface area contributed by atoms with Crippen LogP contribution in [0.15, 0.2) is 59.5 Å². The molecule has 5 nitrogen and oxygen atoms in total. The quantitative estimate of drug-likeness (QED) is 0.641. The van der Waals surface area contributed by atoms with Gasteiger partial charge in [-0.1, -0.05) is 25.1 Å². The van der Waals surface area contributed by atoms with Gasteiger partial charge in [0, 0.05) is 11.9 Å². The highest BCUT2D eigenvalue weighted by Gasteiger charge is 2.30. The summed E-state index contributed by atoms with van der Waals surface area (Å²) in [6.07, 6.45) is -4.53. The number of rotatable bonds is 6. The lowest BCUT2D eigenvalue weighted by Gasteiger charge is -2.12. The van der Waals surface area contributed by atoms with E-state index in [0.29, 0.717) is 12.1 Å². The monoisotopic (exact) mass is 409 g/mol. The lowest BCUT2D eigenvalue weighted by Crippen LogP contribution is -2.15. The molecule has 1 heterocycles. The Bertz CT molecular complexity index is 1080. The predicted octanol–water partition coefficient (Wildman–Crippen LogP) is 4.16. The second-order valence-corrected chi connectivity index (χ2v) is 7.77. The van der Waals surface area contributed by atoms with E-state index in [9.17, 15) is 21.6 Å². The highest BCUT2D eigenvalue weighted by Crippen LogP contribution is 2.30. The van der Waals surface area contributed by atoms with Crippen LogP contribution in [0.1, 0.15) is 18.2 Å². The number of alkyl halides is 3. The summed E-state index contributed by atoms with van der Waals surface area (Å²) in [4.78, 5) is 4.24. The standard InChI is InChI=1S/C19H18F3N3O2S/c1-2-23-12-15-9-6-13-4-3-5-17(18(13)24-15)25-28(26,27)16-10-7-14(8-11-16)19(20,21)22/h3-11,23,25H,2,12H2,1H3. The van der Waals surface area contributed by atoms with E-state index in [2.05, 4.69) is 15.0 Å². The van der Waals surface area contributed by atoms with E-state index in [4.69, 9.17) is 0 Å².